The molecule has 0 atom stereocenters. The number of nitrogens with one attached hydrogen (secondary N) is 1. The molecule has 0 fully saturated rings. The van der Waals surface area contributed by atoms with E-state index in [1.807, 2.05) is 0 Å². The van der Waals surface area contributed by atoms with Crippen LogP contribution < -0.4 is 11.1 Å². The van der Waals surface area contributed by atoms with Gasteiger partial charge in [-0.15, -0.1) is 0 Å². The number of hydrogen-bond donors (Lipinski definition) is 2. The van der Waals surface area contributed by atoms with Gasteiger partial charge in [0.1, 0.15) is 11.5 Å². The number of carbonyl (C=O) groups is 1. The first-order valence-corrected chi connectivity index (χ1v) is 5.38. The zero-order valence-electron chi connectivity index (χ0n) is 9.85. The molecule has 0 spiro atoms. The van der Waals surface area contributed by atoms with E-state index in [0.29, 0.717) is 16.9 Å². The van der Waals surface area contributed by atoms with Gasteiger partial charge in [0.15, 0.2) is 0 Å². The van der Waals surface area contributed by atoms with Gasteiger partial charge >= 0.3 is 0 Å². The summed E-state index contributed by atoms with van der Waals surface area (Å²) in [6, 6.07) is 4.29. The molecular formula is C12H13FN4O. The summed E-state index contributed by atoms with van der Waals surface area (Å²) in [7, 11) is 1.72. The molecule has 2 aromatic rings. The van der Waals surface area contributed by atoms with E-state index in [-0.39, 0.29) is 18.3 Å². The Morgan fingerprint density at radius 1 is 1.56 bits per heavy atom. The summed E-state index contributed by atoms with van der Waals surface area (Å²) in [5, 5.41) is 2.67. The third kappa shape index (κ3) is 2.38. The fourth-order valence-corrected chi connectivity index (χ4v) is 1.58. The second-order valence-electron chi connectivity index (χ2n) is 3.85. The minimum atomic E-state index is -0.379. The molecule has 1 amide bonds. The smallest absolute Gasteiger partial charge is 0.273 e. The fraction of sp³-hybridized carbons (Fsp3) is 0.167. The number of carbonyl (C=O) groups excluding carboxylic acids is 1. The number of hydrogen-bond acceptors (Lipinski definition) is 3. The second-order valence-corrected chi connectivity index (χ2v) is 3.85. The lowest BCUT2D eigenvalue weighted by Gasteiger charge is -2.07. The van der Waals surface area contributed by atoms with Gasteiger partial charge in [-0.3, -0.25) is 4.79 Å². The SMILES string of the molecule is Cn1cncc1C(=O)Nc1ccc(F)c(CN)c1. The van der Waals surface area contributed by atoms with Crippen LogP contribution in [0.15, 0.2) is 30.7 Å². The van der Waals surface area contributed by atoms with E-state index in [9.17, 15) is 9.18 Å². The van der Waals surface area contributed by atoms with E-state index in [4.69, 9.17) is 5.73 Å². The number of rotatable bonds is 3. The first kappa shape index (κ1) is 12.3. The van der Waals surface area contributed by atoms with E-state index in [0.717, 1.165) is 0 Å². The summed E-state index contributed by atoms with van der Waals surface area (Å²) in [6.07, 6.45) is 2.99. The number of aryl methyl sites for hydroxylation is 1. The van der Waals surface area contributed by atoms with Crippen LogP contribution in [0.25, 0.3) is 0 Å². The summed E-state index contributed by atoms with van der Waals surface area (Å²) in [6.45, 7) is 0.0846. The Kier molecular flexibility index (Phi) is 3.38. The highest BCUT2D eigenvalue weighted by atomic mass is 19.1. The van der Waals surface area contributed by atoms with Crippen molar-refractivity contribution in [1.82, 2.24) is 9.55 Å². The van der Waals surface area contributed by atoms with Crippen LogP contribution in [0.4, 0.5) is 10.1 Å². The van der Waals surface area contributed by atoms with Crippen molar-refractivity contribution in [3.8, 4) is 0 Å². The number of imidazole rings is 1. The normalized spacial score (nSPS) is 10.4. The Balaban J connectivity index is 2.20. The lowest BCUT2D eigenvalue weighted by Crippen LogP contribution is -2.15. The van der Waals surface area contributed by atoms with Crippen molar-refractivity contribution in [2.45, 2.75) is 6.54 Å². The highest BCUT2D eigenvalue weighted by Crippen LogP contribution is 2.15. The number of halogens is 1. The fourth-order valence-electron chi connectivity index (χ4n) is 1.58. The lowest BCUT2D eigenvalue weighted by molar-refractivity contribution is 0.101. The average Bonchev–Trinajstić information content (AvgIpc) is 2.78. The first-order valence-electron chi connectivity index (χ1n) is 5.38. The van der Waals surface area contributed by atoms with Crippen LogP contribution in [-0.4, -0.2) is 15.5 Å². The molecule has 6 heteroatoms. The van der Waals surface area contributed by atoms with E-state index in [1.165, 1.54) is 30.7 Å². The predicted octanol–water partition coefficient (Wildman–Crippen LogP) is 1.27. The Labute approximate surface area is 103 Å². The quantitative estimate of drug-likeness (QED) is 0.859. The lowest BCUT2D eigenvalue weighted by atomic mass is 10.2. The largest absolute Gasteiger partial charge is 0.330 e. The Morgan fingerprint density at radius 2 is 2.33 bits per heavy atom. The number of nitrogens with zero attached hydrogens (tertiary/aromatic N) is 2. The van der Waals surface area contributed by atoms with Gasteiger partial charge in [-0.1, -0.05) is 0 Å². The summed E-state index contributed by atoms with van der Waals surface area (Å²) >= 11 is 0. The molecule has 2 rings (SSSR count). The van der Waals surface area contributed by atoms with Gasteiger partial charge in [-0.05, 0) is 18.2 Å². The minimum absolute atomic E-state index is 0.0846. The molecule has 0 aliphatic rings. The van der Waals surface area contributed by atoms with Crippen molar-refractivity contribution in [3.63, 3.8) is 0 Å². The van der Waals surface area contributed by atoms with Crippen LogP contribution in [0.3, 0.4) is 0 Å². The third-order valence-electron chi connectivity index (χ3n) is 2.57. The van der Waals surface area contributed by atoms with Crippen LogP contribution in [0.1, 0.15) is 16.1 Å². The Hall–Kier alpha value is -2.21. The van der Waals surface area contributed by atoms with Crippen molar-refractivity contribution in [3.05, 3.63) is 47.8 Å². The molecule has 1 aromatic heterocycles. The Bertz CT molecular complexity index is 579. The predicted molar refractivity (Wildman–Crippen MR) is 65.5 cm³/mol. The van der Waals surface area contributed by atoms with Crippen LogP contribution in [0.2, 0.25) is 0 Å². The molecule has 1 heterocycles. The summed E-state index contributed by atoms with van der Waals surface area (Å²) in [5.74, 6) is -0.680. The second kappa shape index (κ2) is 4.97. The molecule has 1 aromatic carbocycles. The van der Waals surface area contributed by atoms with Crippen molar-refractivity contribution in [2.75, 3.05) is 5.32 Å². The van der Waals surface area contributed by atoms with Gasteiger partial charge in [0.05, 0.1) is 12.5 Å². The molecule has 0 aliphatic heterocycles. The van der Waals surface area contributed by atoms with E-state index < -0.39 is 0 Å². The molecule has 0 unspecified atom stereocenters. The van der Waals surface area contributed by atoms with E-state index in [1.54, 1.807) is 11.6 Å². The summed E-state index contributed by atoms with van der Waals surface area (Å²) in [4.78, 5) is 15.7. The zero-order chi connectivity index (χ0) is 13.1. The first-order chi connectivity index (χ1) is 8.61. The number of aromatic nitrogens is 2. The molecule has 0 aliphatic carbocycles. The monoisotopic (exact) mass is 248 g/mol. The van der Waals surface area contributed by atoms with Gasteiger partial charge in [0.2, 0.25) is 0 Å². The maximum atomic E-state index is 13.2. The number of benzene rings is 1. The molecule has 0 saturated heterocycles. The molecule has 18 heavy (non-hydrogen) atoms. The van der Waals surface area contributed by atoms with Gasteiger partial charge in [-0.2, -0.15) is 0 Å². The maximum absolute atomic E-state index is 13.2. The van der Waals surface area contributed by atoms with Crippen molar-refractivity contribution in [2.24, 2.45) is 12.8 Å². The van der Waals surface area contributed by atoms with Crippen LogP contribution >= 0.6 is 0 Å². The molecule has 0 radical (unpaired) electrons. The van der Waals surface area contributed by atoms with Crippen molar-refractivity contribution in [1.29, 1.82) is 0 Å². The Morgan fingerprint density at radius 3 is 2.94 bits per heavy atom. The number of anilines is 1. The van der Waals surface area contributed by atoms with E-state index >= 15 is 0 Å². The van der Waals surface area contributed by atoms with Gasteiger partial charge in [0, 0.05) is 24.8 Å². The van der Waals surface area contributed by atoms with Crippen molar-refractivity contribution >= 4 is 11.6 Å². The average molecular weight is 248 g/mol. The topological polar surface area (TPSA) is 72.9 Å². The highest BCUT2D eigenvalue weighted by molar-refractivity contribution is 6.02. The van der Waals surface area contributed by atoms with E-state index in [2.05, 4.69) is 10.3 Å². The molecule has 94 valence electrons. The van der Waals surface area contributed by atoms with Crippen LogP contribution in [0, 0.1) is 5.82 Å². The van der Waals surface area contributed by atoms with Crippen molar-refractivity contribution < 1.29 is 9.18 Å². The molecule has 5 nitrogen and oxygen atoms in total. The third-order valence-corrected chi connectivity index (χ3v) is 2.57. The summed E-state index contributed by atoms with van der Waals surface area (Å²) in [5.41, 5.74) is 6.69. The number of nitrogens with two attached hydrogens (primary N) is 1. The minimum Gasteiger partial charge on any atom is -0.330 e. The standard InChI is InChI=1S/C12H13FN4O/c1-17-7-15-6-11(17)12(18)16-9-2-3-10(13)8(4-9)5-14/h2-4,6-7H,5,14H2,1H3,(H,16,18). The highest BCUT2D eigenvalue weighted by Gasteiger charge is 2.10. The number of amides is 1. The molecular weight excluding hydrogens is 235 g/mol. The zero-order valence-corrected chi connectivity index (χ0v) is 9.85. The van der Waals surface area contributed by atoms with Gasteiger partial charge in [-0.25, -0.2) is 9.37 Å². The van der Waals surface area contributed by atoms with Crippen LogP contribution in [-0.2, 0) is 13.6 Å². The molecule has 0 bridgehead atoms. The van der Waals surface area contributed by atoms with Gasteiger partial charge < -0.3 is 15.6 Å². The van der Waals surface area contributed by atoms with Gasteiger partial charge in [0.25, 0.3) is 5.91 Å². The molecule has 0 saturated carbocycles. The molecule has 3 N–H and O–H groups in total. The summed E-state index contributed by atoms with van der Waals surface area (Å²) < 4.78 is 14.8. The maximum Gasteiger partial charge on any atom is 0.273 e. The van der Waals surface area contributed by atoms with Crippen LogP contribution in [0.5, 0.6) is 0 Å².